The Bertz CT molecular complexity index is 48.0. The Balaban J connectivity index is 0.000000360. The van der Waals surface area contributed by atoms with Gasteiger partial charge in [0.2, 0.25) is 0 Å². The highest BCUT2D eigenvalue weighted by Gasteiger charge is 2.19. The molecule has 0 aromatic rings. The van der Waals surface area contributed by atoms with Crippen LogP contribution < -0.4 is 5.32 Å². The number of hydrogen-bond donors (Lipinski definition) is 1. The molecule has 1 N–H and O–H groups in total. The van der Waals surface area contributed by atoms with Crippen molar-refractivity contribution >= 4 is 12.4 Å². The van der Waals surface area contributed by atoms with Crippen molar-refractivity contribution in [2.24, 2.45) is 5.92 Å². The minimum Gasteiger partial charge on any atom is -0.314 e. The number of nitrogens with one attached hydrogen (secondary N) is 1. The van der Waals surface area contributed by atoms with E-state index in [2.05, 4.69) is 19.2 Å². The highest BCUT2D eigenvalue weighted by Crippen LogP contribution is 2.08. The molecule has 2 heteroatoms. The molecule has 0 aromatic carbocycles. The molecule has 1 fully saturated rings. The first-order valence-electron chi connectivity index (χ1n) is 2.54. The third kappa shape index (κ3) is 1.32. The van der Waals surface area contributed by atoms with E-state index in [-0.39, 0.29) is 12.4 Å². The molecule has 2 atom stereocenters. The van der Waals surface area contributed by atoms with Crippen molar-refractivity contribution in [3.8, 4) is 0 Å². The van der Waals surface area contributed by atoms with Crippen molar-refractivity contribution in [2.75, 3.05) is 6.54 Å². The fraction of sp³-hybridized carbons (Fsp3) is 1.00. The van der Waals surface area contributed by atoms with Gasteiger partial charge in [0.05, 0.1) is 0 Å². The monoisotopic (exact) mass is 121 g/mol. The van der Waals surface area contributed by atoms with Gasteiger partial charge in [0, 0.05) is 6.04 Å². The number of rotatable bonds is 0. The first-order chi connectivity index (χ1) is 2.80. The average molecular weight is 122 g/mol. The maximum Gasteiger partial charge on any atom is 0.00765 e. The third-order valence-electron chi connectivity index (χ3n) is 1.62. The van der Waals surface area contributed by atoms with Crippen LogP contribution in [0.1, 0.15) is 13.8 Å². The lowest BCUT2D eigenvalue weighted by Crippen LogP contribution is -2.49. The van der Waals surface area contributed by atoms with Gasteiger partial charge in [-0.15, -0.1) is 12.4 Å². The van der Waals surface area contributed by atoms with Gasteiger partial charge in [-0.25, -0.2) is 0 Å². The summed E-state index contributed by atoms with van der Waals surface area (Å²) in [6.07, 6.45) is 0. The molecule has 1 aliphatic rings. The maximum atomic E-state index is 3.26. The van der Waals surface area contributed by atoms with Crippen LogP contribution in [-0.2, 0) is 0 Å². The molecular formula is C5H12ClN. The van der Waals surface area contributed by atoms with E-state index in [1.165, 1.54) is 6.54 Å². The van der Waals surface area contributed by atoms with Gasteiger partial charge in [-0.2, -0.15) is 0 Å². The molecule has 1 aliphatic heterocycles. The summed E-state index contributed by atoms with van der Waals surface area (Å²) in [5, 5.41) is 3.26. The molecule has 0 radical (unpaired) electrons. The molecule has 1 rings (SSSR count). The Kier molecular flexibility index (Phi) is 2.62. The second-order valence-electron chi connectivity index (χ2n) is 2.17. The van der Waals surface area contributed by atoms with Crippen LogP contribution in [0.4, 0.5) is 0 Å². The third-order valence-corrected chi connectivity index (χ3v) is 1.62. The van der Waals surface area contributed by atoms with E-state index < -0.39 is 0 Å². The highest BCUT2D eigenvalue weighted by atomic mass is 35.5. The molecule has 0 aliphatic carbocycles. The maximum absolute atomic E-state index is 3.26. The van der Waals surface area contributed by atoms with Crippen molar-refractivity contribution in [2.45, 2.75) is 19.9 Å². The van der Waals surface area contributed by atoms with Gasteiger partial charge in [0.15, 0.2) is 0 Å². The van der Waals surface area contributed by atoms with E-state index in [4.69, 9.17) is 0 Å². The van der Waals surface area contributed by atoms with Crippen LogP contribution in [0, 0.1) is 5.92 Å². The first-order valence-corrected chi connectivity index (χ1v) is 2.54. The fourth-order valence-corrected chi connectivity index (χ4v) is 0.589. The SMILES string of the molecule is C[C@@H]1NC[C@@H]1C.Cl. The van der Waals surface area contributed by atoms with E-state index in [1.54, 1.807) is 0 Å². The van der Waals surface area contributed by atoms with Crippen molar-refractivity contribution in [1.29, 1.82) is 0 Å². The Labute approximate surface area is 50.9 Å². The average Bonchev–Trinajstić information content (AvgIpc) is 1.61. The molecule has 1 nitrogen and oxygen atoms in total. The molecule has 44 valence electrons. The summed E-state index contributed by atoms with van der Waals surface area (Å²) < 4.78 is 0. The second-order valence-corrected chi connectivity index (χ2v) is 2.17. The van der Waals surface area contributed by atoms with E-state index in [1.807, 2.05) is 0 Å². The van der Waals surface area contributed by atoms with Crippen LogP contribution in [0.3, 0.4) is 0 Å². The van der Waals surface area contributed by atoms with Gasteiger partial charge in [0.1, 0.15) is 0 Å². The van der Waals surface area contributed by atoms with Crippen molar-refractivity contribution < 1.29 is 0 Å². The lowest BCUT2D eigenvalue weighted by molar-refractivity contribution is 0.274. The summed E-state index contributed by atoms with van der Waals surface area (Å²) in [7, 11) is 0. The van der Waals surface area contributed by atoms with Crippen LogP contribution in [-0.4, -0.2) is 12.6 Å². The molecule has 0 unspecified atom stereocenters. The summed E-state index contributed by atoms with van der Waals surface area (Å²) in [6.45, 7) is 5.70. The van der Waals surface area contributed by atoms with Gasteiger partial charge in [-0.05, 0) is 19.4 Å². The Morgan fingerprint density at radius 3 is 1.86 bits per heavy atom. The topological polar surface area (TPSA) is 12.0 Å². The number of halogens is 1. The minimum atomic E-state index is 0. The quantitative estimate of drug-likeness (QED) is 0.505. The van der Waals surface area contributed by atoms with Crippen molar-refractivity contribution in [3.63, 3.8) is 0 Å². The van der Waals surface area contributed by atoms with Gasteiger partial charge in [0.25, 0.3) is 0 Å². The Morgan fingerprint density at radius 1 is 1.43 bits per heavy atom. The largest absolute Gasteiger partial charge is 0.314 e. The van der Waals surface area contributed by atoms with Crippen LogP contribution in [0.5, 0.6) is 0 Å². The van der Waals surface area contributed by atoms with Crippen LogP contribution in [0.15, 0.2) is 0 Å². The van der Waals surface area contributed by atoms with E-state index in [0.717, 1.165) is 12.0 Å². The molecule has 0 bridgehead atoms. The second kappa shape index (κ2) is 2.53. The molecule has 7 heavy (non-hydrogen) atoms. The van der Waals surface area contributed by atoms with E-state index >= 15 is 0 Å². The molecule has 0 amide bonds. The van der Waals surface area contributed by atoms with Gasteiger partial charge >= 0.3 is 0 Å². The van der Waals surface area contributed by atoms with Crippen LogP contribution >= 0.6 is 12.4 Å². The Morgan fingerprint density at radius 2 is 1.86 bits per heavy atom. The highest BCUT2D eigenvalue weighted by molar-refractivity contribution is 5.85. The predicted octanol–water partition coefficient (Wildman–Crippen LogP) is 1.04. The predicted molar refractivity (Wildman–Crippen MR) is 33.9 cm³/mol. The van der Waals surface area contributed by atoms with Gasteiger partial charge in [-0.1, -0.05) is 6.92 Å². The smallest absolute Gasteiger partial charge is 0.00765 e. The lowest BCUT2D eigenvalue weighted by atomic mass is 9.96. The molecule has 1 saturated heterocycles. The summed E-state index contributed by atoms with van der Waals surface area (Å²) in [5.74, 6) is 0.921. The normalized spacial score (nSPS) is 38.6. The molecule has 0 spiro atoms. The zero-order valence-electron chi connectivity index (χ0n) is 4.77. The molecule has 0 saturated carbocycles. The van der Waals surface area contributed by atoms with Crippen molar-refractivity contribution in [3.05, 3.63) is 0 Å². The minimum absolute atomic E-state index is 0. The van der Waals surface area contributed by atoms with E-state index in [9.17, 15) is 0 Å². The molecule has 1 heterocycles. The Hall–Kier alpha value is 0.250. The summed E-state index contributed by atoms with van der Waals surface area (Å²) >= 11 is 0. The number of hydrogen-bond acceptors (Lipinski definition) is 1. The fourth-order valence-electron chi connectivity index (χ4n) is 0.589. The van der Waals surface area contributed by atoms with Crippen LogP contribution in [0.25, 0.3) is 0 Å². The zero-order chi connectivity index (χ0) is 4.57. The van der Waals surface area contributed by atoms with Gasteiger partial charge < -0.3 is 5.32 Å². The molecular weight excluding hydrogens is 110 g/mol. The zero-order valence-corrected chi connectivity index (χ0v) is 5.59. The van der Waals surface area contributed by atoms with Gasteiger partial charge in [-0.3, -0.25) is 0 Å². The first kappa shape index (κ1) is 7.25. The summed E-state index contributed by atoms with van der Waals surface area (Å²) in [5.41, 5.74) is 0. The van der Waals surface area contributed by atoms with Crippen molar-refractivity contribution in [1.82, 2.24) is 5.32 Å². The standard InChI is InChI=1S/C5H11N.ClH/c1-4-3-6-5(4)2;/h4-6H,3H2,1-2H3;1H/t4-,5-;/m0./s1. The molecule has 0 aromatic heterocycles. The summed E-state index contributed by atoms with van der Waals surface area (Å²) in [4.78, 5) is 0. The van der Waals surface area contributed by atoms with E-state index in [0.29, 0.717) is 0 Å². The van der Waals surface area contributed by atoms with Crippen LogP contribution in [0.2, 0.25) is 0 Å². The lowest BCUT2D eigenvalue weighted by Gasteiger charge is -2.31. The summed E-state index contributed by atoms with van der Waals surface area (Å²) in [6, 6.07) is 0.782.